The molecule has 6 nitrogen and oxygen atoms in total. The predicted octanol–water partition coefficient (Wildman–Crippen LogP) is 3.57. The van der Waals surface area contributed by atoms with Crippen molar-refractivity contribution in [3.63, 3.8) is 0 Å². The van der Waals surface area contributed by atoms with E-state index in [1.165, 1.54) is 19.6 Å². The summed E-state index contributed by atoms with van der Waals surface area (Å²) in [5, 5.41) is 3.10. The monoisotopic (exact) mass is 408 g/mol. The Hall–Kier alpha value is -1.60. The van der Waals surface area contributed by atoms with Crippen molar-refractivity contribution in [2.75, 3.05) is 13.7 Å². The molecule has 2 fully saturated rings. The van der Waals surface area contributed by atoms with Gasteiger partial charge in [-0.05, 0) is 56.7 Å². The van der Waals surface area contributed by atoms with Crippen LogP contribution in [0.4, 0.5) is 0 Å². The van der Waals surface area contributed by atoms with E-state index in [1.54, 1.807) is 16.4 Å². The first-order valence-electron chi connectivity index (χ1n) is 10.4. The summed E-state index contributed by atoms with van der Waals surface area (Å²) in [7, 11) is -2.27. The maximum atomic E-state index is 13.3. The van der Waals surface area contributed by atoms with Gasteiger partial charge >= 0.3 is 0 Å². The first-order chi connectivity index (χ1) is 13.3. The quantitative estimate of drug-likeness (QED) is 0.808. The number of hydrogen-bond acceptors (Lipinski definition) is 4. The lowest BCUT2D eigenvalue weighted by molar-refractivity contribution is 0.0910. The molecule has 0 bridgehead atoms. The van der Waals surface area contributed by atoms with Crippen LogP contribution in [0.5, 0.6) is 5.75 Å². The van der Waals surface area contributed by atoms with Crippen LogP contribution in [-0.2, 0) is 10.0 Å². The van der Waals surface area contributed by atoms with E-state index in [-0.39, 0.29) is 28.6 Å². The maximum Gasteiger partial charge on any atom is 0.251 e. The summed E-state index contributed by atoms with van der Waals surface area (Å²) < 4.78 is 33.5. The zero-order valence-corrected chi connectivity index (χ0v) is 17.9. The predicted molar refractivity (Wildman–Crippen MR) is 109 cm³/mol. The number of hydrogen-bond donors (Lipinski definition) is 1. The molecule has 3 atom stereocenters. The average molecular weight is 409 g/mol. The minimum absolute atomic E-state index is 0.0518. The van der Waals surface area contributed by atoms with Gasteiger partial charge in [-0.3, -0.25) is 4.79 Å². The number of carbonyl (C=O) groups is 1. The molecule has 1 aromatic rings. The summed E-state index contributed by atoms with van der Waals surface area (Å²) in [4.78, 5) is 12.9. The fraction of sp³-hybridized carbons (Fsp3) is 0.667. The van der Waals surface area contributed by atoms with Gasteiger partial charge < -0.3 is 10.1 Å². The lowest BCUT2D eigenvalue weighted by Crippen LogP contribution is -2.42. The highest BCUT2D eigenvalue weighted by atomic mass is 32.2. The van der Waals surface area contributed by atoms with E-state index in [2.05, 4.69) is 12.2 Å². The maximum absolute atomic E-state index is 13.3. The summed E-state index contributed by atoms with van der Waals surface area (Å²) in [6, 6.07) is 4.79. The van der Waals surface area contributed by atoms with Crippen LogP contribution in [0.2, 0.25) is 0 Å². The Morgan fingerprint density at radius 2 is 1.82 bits per heavy atom. The number of amides is 1. The Morgan fingerprint density at radius 1 is 1.11 bits per heavy atom. The van der Waals surface area contributed by atoms with Crippen LogP contribution in [0.25, 0.3) is 0 Å². The van der Waals surface area contributed by atoms with Crippen LogP contribution in [0.3, 0.4) is 0 Å². The van der Waals surface area contributed by atoms with Crippen LogP contribution in [-0.4, -0.2) is 44.4 Å². The van der Waals surface area contributed by atoms with Gasteiger partial charge in [0.05, 0.1) is 7.11 Å². The normalized spacial score (nSPS) is 26.6. The number of nitrogens with one attached hydrogen (secondary N) is 1. The smallest absolute Gasteiger partial charge is 0.251 e. The first-order valence-corrected chi connectivity index (χ1v) is 11.8. The van der Waals surface area contributed by atoms with Crippen LogP contribution in [0, 0.1) is 5.92 Å². The molecular formula is C21H32N2O4S. The highest BCUT2D eigenvalue weighted by Gasteiger charge is 2.34. The van der Waals surface area contributed by atoms with Crippen molar-refractivity contribution in [3.05, 3.63) is 23.8 Å². The third kappa shape index (κ3) is 4.35. The topological polar surface area (TPSA) is 75.7 Å². The van der Waals surface area contributed by atoms with Gasteiger partial charge in [0.1, 0.15) is 10.6 Å². The number of rotatable bonds is 5. The van der Waals surface area contributed by atoms with Gasteiger partial charge in [0.15, 0.2) is 0 Å². The summed E-state index contributed by atoms with van der Waals surface area (Å²) in [6.45, 7) is 4.60. The van der Waals surface area contributed by atoms with E-state index in [0.717, 1.165) is 38.5 Å². The SMILES string of the molecule is COc1ccc(C(=O)N[C@@H]2CCCC[C@@H]2C)cc1S(=O)(=O)N1CCCC[C@@H]1C. The zero-order valence-electron chi connectivity index (χ0n) is 17.1. The van der Waals surface area contributed by atoms with Crippen molar-refractivity contribution in [1.29, 1.82) is 0 Å². The molecule has 0 spiro atoms. The standard InChI is InChI=1S/C21H32N2O4S/c1-15-8-4-5-10-18(15)22-21(24)17-11-12-19(27-3)20(14-17)28(25,26)23-13-7-6-9-16(23)2/h11-12,14-16,18H,4-10,13H2,1-3H3,(H,22,24)/t15-,16-,18+/m0/s1. The van der Waals surface area contributed by atoms with Crippen LogP contribution in [0.15, 0.2) is 23.1 Å². The van der Waals surface area contributed by atoms with Gasteiger partial charge in [0.25, 0.3) is 5.91 Å². The average Bonchev–Trinajstić information content (AvgIpc) is 2.69. The molecule has 1 heterocycles. The zero-order chi connectivity index (χ0) is 20.3. The second-order valence-electron chi connectivity index (χ2n) is 8.17. The number of nitrogens with zero attached hydrogens (tertiary/aromatic N) is 1. The lowest BCUT2D eigenvalue weighted by Gasteiger charge is -2.32. The summed E-state index contributed by atoms with van der Waals surface area (Å²) in [6.07, 6.45) is 7.13. The summed E-state index contributed by atoms with van der Waals surface area (Å²) in [5.74, 6) is 0.498. The van der Waals surface area contributed by atoms with Crippen LogP contribution >= 0.6 is 0 Å². The molecule has 0 unspecified atom stereocenters. The van der Waals surface area contributed by atoms with Gasteiger partial charge in [-0.25, -0.2) is 8.42 Å². The second kappa shape index (κ2) is 8.82. The Morgan fingerprint density at radius 3 is 2.50 bits per heavy atom. The van der Waals surface area contributed by atoms with Crippen molar-refractivity contribution in [1.82, 2.24) is 9.62 Å². The molecule has 1 saturated heterocycles. The molecule has 0 radical (unpaired) electrons. The van der Waals surface area contributed by atoms with Crippen molar-refractivity contribution < 1.29 is 17.9 Å². The molecule has 1 aliphatic heterocycles. The first kappa shape index (κ1) is 21.1. The number of ether oxygens (including phenoxy) is 1. The van der Waals surface area contributed by atoms with E-state index < -0.39 is 10.0 Å². The minimum Gasteiger partial charge on any atom is -0.495 e. The Kier molecular flexibility index (Phi) is 6.65. The van der Waals surface area contributed by atoms with E-state index in [4.69, 9.17) is 4.74 Å². The number of sulfonamides is 1. The molecule has 3 rings (SSSR count). The van der Waals surface area contributed by atoms with E-state index >= 15 is 0 Å². The number of methoxy groups -OCH3 is 1. The number of benzene rings is 1. The molecule has 28 heavy (non-hydrogen) atoms. The van der Waals surface area contributed by atoms with Gasteiger partial charge in [0, 0.05) is 24.2 Å². The number of piperidine rings is 1. The molecule has 1 aliphatic carbocycles. The van der Waals surface area contributed by atoms with Crippen molar-refractivity contribution in [2.45, 2.75) is 75.8 Å². The summed E-state index contributed by atoms with van der Waals surface area (Å²) in [5.41, 5.74) is 0.363. The molecule has 2 aliphatic rings. The second-order valence-corrected chi connectivity index (χ2v) is 10.0. The number of carbonyl (C=O) groups excluding carboxylic acids is 1. The largest absolute Gasteiger partial charge is 0.495 e. The van der Waals surface area contributed by atoms with E-state index in [9.17, 15) is 13.2 Å². The van der Waals surface area contributed by atoms with Gasteiger partial charge in [-0.15, -0.1) is 0 Å². The van der Waals surface area contributed by atoms with Crippen molar-refractivity contribution in [3.8, 4) is 5.75 Å². The molecule has 1 saturated carbocycles. The molecule has 0 aromatic heterocycles. The highest BCUT2D eigenvalue weighted by Crippen LogP contribution is 2.32. The Bertz CT molecular complexity index is 809. The van der Waals surface area contributed by atoms with Gasteiger partial charge in [-0.2, -0.15) is 4.31 Å². The molecule has 156 valence electrons. The molecule has 1 aromatic carbocycles. The van der Waals surface area contributed by atoms with Crippen LogP contribution < -0.4 is 10.1 Å². The fourth-order valence-electron chi connectivity index (χ4n) is 4.36. The summed E-state index contributed by atoms with van der Waals surface area (Å²) >= 11 is 0. The lowest BCUT2D eigenvalue weighted by atomic mass is 9.86. The van der Waals surface area contributed by atoms with Gasteiger partial charge in [-0.1, -0.05) is 26.2 Å². The molecular weight excluding hydrogens is 376 g/mol. The van der Waals surface area contributed by atoms with Crippen molar-refractivity contribution in [2.24, 2.45) is 5.92 Å². The molecule has 1 amide bonds. The molecule has 1 N–H and O–H groups in total. The Balaban J connectivity index is 1.88. The Labute approximate surface area is 168 Å². The van der Waals surface area contributed by atoms with Gasteiger partial charge in [0.2, 0.25) is 10.0 Å². The van der Waals surface area contributed by atoms with E-state index in [0.29, 0.717) is 18.0 Å². The fourth-order valence-corrected chi connectivity index (χ4v) is 6.24. The molecule has 7 heteroatoms. The minimum atomic E-state index is -3.73. The van der Waals surface area contributed by atoms with Crippen molar-refractivity contribution >= 4 is 15.9 Å². The van der Waals surface area contributed by atoms with Crippen LogP contribution in [0.1, 0.15) is 69.2 Å². The highest BCUT2D eigenvalue weighted by molar-refractivity contribution is 7.89. The van der Waals surface area contributed by atoms with E-state index in [1.807, 2.05) is 6.92 Å². The third-order valence-corrected chi connectivity index (χ3v) is 8.22. The third-order valence-electron chi connectivity index (χ3n) is 6.18.